The summed E-state index contributed by atoms with van der Waals surface area (Å²) < 4.78 is 5.33. The van der Waals surface area contributed by atoms with E-state index in [9.17, 15) is 4.79 Å². The highest BCUT2D eigenvalue weighted by molar-refractivity contribution is 5.99. The minimum absolute atomic E-state index is 0.0871. The third-order valence-electron chi connectivity index (χ3n) is 6.12. The summed E-state index contributed by atoms with van der Waals surface area (Å²) >= 11 is 0. The fraction of sp³-hybridized carbons (Fsp3) is 0.333. The molecule has 1 aliphatic rings. The number of nitrogens with zero attached hydrogens (tertiary/aromatic N) is 2. The molecule has 1 heterocycles. The number of likely N-dealkylation sites (N-methyl/N-ethyl adjacent to an activating group) is 1. The Balaban J connectivity index is 1.54. The predicted molar refractivity (Wildman–Crippen MR) is 149 cm³/mol. The molecule has 4 rings (SSSR count). The number of aryl methyl sites for hydroxylation is 1. The van der Waals surface area contributed by atoms with E-state index in [-0.39, 0.29) is 12.2 Å². The number of benzene rings is 3. The van der Waals surface area contributed by atoms with Crippen LogP contribution in [0.15, 0.2) is 83.9 Å². The summed E-state index contributed by atoms with van der Waals surface area (Å²) in [5.74, 6) is 0.857. The van der Waals surface area contributed by atoms with Gasteiger partial charge in [-0.15, -0.1) is 0 Å². The molecule has 0 bridgehead atoms. The van der Waals surface area contributed by atoms with Crippen LogP contribution in [0.2, 0.25) is 0 Å². The molecular weight excluding hydrogens is 462 g/mol. The number of rotatable bonds is 8. The largest absolute Gasteiger partial charge is 0.444 e. The number of ether oxygens (including phenoxy) is 1. The number of hydrogen-bond donors (Lipinski definition) is 3. The van der Waals surface area contributed by atoms with Gasteiger partial charge in [0.25, 0.3) is 0 Å². The lowest BCUT2D eigenvalue weighted by atomic mass is 10.00. The molecule has 194 valence electrons. The second-order valence-electron chi connectivity index (χ2n) is 10.3. The molecule has 3 aromatic carbocycles. The second-order valence-corrected chi connectivity index (χ2v) is 10.3. The molecule has 3 N–H and O–H groups in total. The number of anilines is 1. The van der Waals surface area contributed by atoms with E-state index in [0.717, 1.165) is 29.1 Å². The minimum atomic E-state index is -0.521. The lowest BCUT2D eigenvalue weighted by Gasteiger charge is -2.29. The van der Waals surface area contributed by atoms with Crippen LogP contribution in [-0.2, 0) is 17.7 Å². The summed E-state index contributed by atoms with van der Waals surface area (Å²) in [6, 6.07) is 26.8. The molecule has 0 radical (unpaired) electrons. The maximum absolute atomic E-state index is 12.0. The van der Waals surface area contributed by atoms with E-state index in [1.165, 1.54) is 11.1 Å². The van der Waals surface area contributed by atoms with Gasteiger partial charge in [0.1, 0.15) is 17.6 Å². The topological polar surface area (TPSA) is 78.0 Å². The average Bonchev–Trinajstić information content (AvgIpc) is 3.27. The summed E-state index contributed by atoms with van der Waals surface area (Å²) in [6.45, 7) is 8.12. The van der Waals surface area contributed by atoms with Crippen molar-refractivity contribution in [1.82, 2.24) is 15.8 Å². The van der Waals surface area contributed by atoms with Crippen molar-refractivity contribution in [2.24, 2.45) is 4.99 Å². The Bertz CT molecular complexity index is 1220. The number of alkyl carbamates (subject to hydrolysis) is 1. The van der Waals surface area contributed by atoms with E-state index >= 15 is 0 Å². The third-order valence-corrected chi connectivity index (χ3v) is 6.12. The van der Waals surface area contributed by atoms with E-state index in [1.807, 2.05) is 70.3 Å². The fourth-order valence-electron chi connectivity index (χ4n) is 4.24. The molecule has 0 saturated heterocycles. The van der Waals surface area contributed by atoms with Crippen LogP contribution in [0, 0.1) is 0 Å². The van der Waals surface area contributed by atoms with Gasteiger partial charge in [0.2, 0.25) is 0 Å². The zero-order valence-corrected chi connectivity index (χ0v) is 22.3. The van der Waals surface area contributed by atoms with Crippen LogP contribution in [0.25, 0.3) is 0 Å². The first-order chi connectivity index (χ1) is 17.7. The number of carbonyl (C=O) groups excluding carboxylic acids is 1. The zero-order chi connectivity index (χ0) is 26.4. The van der Waals surface area contributed by atoms with Crippen molar-refractivity contribution in [3.63, 3.8) is 0 Å². The molecule has 7 nitrogen and oxygen atoms in total. The summed E-state index contributed by atoms with van der Waals surface area (Å²) in [4.78, 5) is 17.1. The molecule has 0 aliphatic carbocycles. The van der Waals surface area contributed by atoms with Crippen LogP contribution in [0.1, 0.15) is 56.0 Å². The van der Waals surface area contributed by atoms with Gasteiger partial charge in [-0.25, -0.2) is 9.79 Å². The van der Waals surface area contributed by atoms with Crippen LogP contribution in [0.4, 0.5) is 10.5 Å². The minimum Gasteiger partial charge on any atom is -0.444 e. The van der Waals surface area contributed by atoms with Gasteiger partial charge in [0, 0.05) is 24.8 Å². The molecule has 0 spiro atoms. The average molecular weight is 500 g/mol. The maximum Gasteiger partial charge on any atom is 0.407 e. The van der Waals surface area contributed by atoms with Gasteiger partial charge in [-0.05, 0) is 56.0 Å². The molecule has 2 unspecified atom stereocenters. The Kier molecular flexibility index (Phi) is 8.14. The van der Waals surface area contributed by atoms with Crippen molar-refractivity contribution in [1.29, 1.82) is 0 Å². The number of hydrazine groups is 1. The molecule has 1 aliphatic heterocycles. The molecule has 0 aromatic heterocycles. The highest BCUT2D eigenvalue weighted by atomic mass is 16.6. The van der Waals surface area contributed by atoms with Crippen molar-refractivity contribution in [2.75, 3.05) is 12.4 Å². The smallest absolute Gasteiger partial charge is 0.407 e. The number of nitrogens with one attached hydrogen (secondary N) is 3. The number of amidine groups is 1. The summed E-state index contributed by atoms with van der Waals surface area (Å²) in [6.07, 6.45) is 0.391. The Morgan fingerprint density at radius 2 is 1.76 bits per heavy atom. The van der Waals surface area contributed by atoms with Gasteiger partial charge in [-0.2, -0.15) is 5.01 Å². The van der Waals surface area contributed by atoms with Gasteiger partial charge >= 0.3 is 6.09 Å². The first-order valence-corrected chi connectivity index (χ1v) is 12.8. The molecule has 37 heavy (non-hydrogen) atoms. The lowest BCUT2D eigenvalue weighted by molar-refractivity contribution is 0.0523. The summed E-state index contributed by atoms with van der Waals surface area (Å²) in [5.41, 5.74) is 8.39. The van der Waals surface area contributed by atoms with E-state index in [0.29, 0.717) is 6.54 Å². The number of aliphatic imine (C=N–C) groups is 1. The first-order valence-electron chi connectivity index (χ1n) is 12.8. The molecule has 2 atom stereocenters. The SMILES string of the molecule is CCc1cccc(C(Nc2ccc(CNC(=O)OC(C)(C)C)cc2)C2N=C(c3ccccc3)NN2C)c1. The lowest BCUT2D eigenvalue weighted by Crippen LogP contribution is -2.42. The zero-order valence-electron chi connectivity index (χ0n) is 22.3. The summed E-state index contributed by atoms with van der Waals surface area (Å²) in [5, 5.41) is 8.58. The van der Waals surface area contributed by atoms with Crippen LogP contribution in [0.5, 0.6) is 0 Å². The number of amides is 1. The second kappa shape index (κ2) is 11.5. The van der Waals surface area contributed by atoms with Gasteiger partial charge in [0.05, 0.1) is 6.04 Å². The van der Waals surface area contributed by atoms with Crippen molar-refractivity contribution >= 4 is 17.6 Å². The van der Waals surface area contributed by atoms with Crippen LogP contribution in [0.3, 0.4) is 0 Å². The quantitative estimate of drug-likeness (QED) is 0.373. The summed E-state index contributed by atoms with van der Waals surface area (Å²) in [7, 11) is 2.02. The molecular formula is C30H37N5O2. The van der Waals surface area contributed by atoms with Crippen molar-refractivity contribution in [3.8, 4) is 0 Å². The Labute approximate surface area is 219 Å². The standard InChI is InChI=1S/C30H37N5O2/c1-6-21-11-10-14-24(19-21)26(28-33-27(34-35(28)5)23-12-8-7-9-13-23)32-25-17-15-22(16-18-25)20-31-29(36)37-30(2,3)4/h7-19,26,28,32H,6,20H2,1-5H3,(H,31,36)(H,33,34). The van der Waals surface area contributed by atoms with E-state index < -0.39 is 11.7 Å². The normalized spacial score (nSPS) is 16.5. The van der Waals surface area contributed by atoms with Crippen molar-refractivity contribution < 1.29 is 9.53 Å². The van der Waals surface area contributed by atoms with Gasteiger partial charge in [-0.1, -0.05) is 73.7 Å². The highest BCUT2D eigenvalue weighted by Gasteiger charge is 2.32. The Hall–Kier alpha value is -3.84. The van der Waals surface area contributed by atoms with Gasteiger partial charge in [-0.3, -0.25) is 0 Å². The maximum atomic E-state index is 12.0. The van der Waals surface area contributed by atoms with E-state index in [2.05, 4.69) is 64.4 Å². The molecule has 0 saturated carbocycles. The van der Waals surface area contributed by atoms with Crippen molar-refractivity contribution in [2.45, 2.75) is 58.5 Å². The molecule has 0 fully saturated rings. The fourth-order valence-corrected chi connectivity index (χ4v) is 4.24. The Morgan fingerprint density at radius 1 is 1.03 bits per heavy atom. The van der Waals surface area contributed by atoms with E-state index in [1.54, 1.807) is 0 Å². The number of hydrogen-bond acceptors (Lipinski definition) is 6. The Morgan fingerprint density at radius 3 is 2.43 bits per heavy atom. The highest BCUT2D eigenvalue weighted by Crippen LogP contribution is 2.29. The van der Waals surface area contributed by atoms with Gasteiger partial charge in [0.15, 0.2) is 0 Å². The van der Waals surface area contributed by atoms with Crippen LogP contribution >= 0.6 is 0 Å². The van der Waals surface area contributed by atoms with Crippen LogP contribution < -0.4 is 16.1 Å². The van der Waals surface area contributed by atoms with E-state index in [4.69, 9.17) is 9.73 Å². The molecule has 1 amide bonds. The first kappa shape index (κ1) is 26.2. The third kappa shape index (κ3) is 7.11. The van der Waals surface area contributed by atoms with Crippen LogP contribution in [-0.4, -0.2) is 35.8 Å². The predicted octanol–water partition coefficient (Wildman–Crippen LogP) is 5.65. The molecule has 7 heteroatoms. The monoisotopic (exact) mass is 499 g/mol. The van der Waals surface area contributed by atoms with Crippen molar-refractivity contribution in [3.05, 3.63) is 101 Å². The molecule has 3 aromatic rings. The van der Waals surface area contributed by atoms with Gasteiger partial charge < -0.3 is 20.8 Å². The number of carbonyl (C=O) groups is 1.